The van der Waals surface area contributed by atoms with Gasteiger partial charge in [0, 0.05) is 12.6 Å². The van der Waals surface area contributed by atoms with Gasteiger partial charge in [0.05, 0.1) is 4.90 Å². The van der Waals surface area contributed by atoms with E-state index in [1.807, 2.05) is 24.8 Å². The molecule has 0 bridgehead atoms. The Morgan fingerprint density at radius 1 is 1.30 bits per heavy atom. The molecule has 3 N–H and O–H groups in total. The van der Waals surface area contributed by atoms with Crippen molar-refractivity contribution in [1.29, 1.82) is 0 Å². The maximum atomic E-state index is 12.4. The van der Waals surface area contributed by atoms with E-state index in [1.165, 1.54) is 0 Å². The third kappa shape index (κ3) is 3.75. The highest BCUT2D eigenvalue weighted by Crippen LogP contribution is 2.21. The lowest BCUT2D eigenvalue weighted by atomic mass is 10.1. The molecule has 0 aromatic heterocycles. The highest BCUT2D eigenvalue weighted by Gasteiger charge is 2.22. The molecule has 0 unspecified atom stereocenters. The van der Waals surface area contributed by atoms with Gasteiger partial charge in [-0.1, -0.05) is 13.0 Å². The van der Waals surface area contributed by atoms with Crippen molar-refractivity contribution >= 4 is 21.8 Å². The first-order chi connectivity index (χ1) is 9.56. The molecule has 1 heterocycles. The maximum Gasteiger partial charge on any atom is 0.240 e. The van der Waals surface area contributed by atoms with Gasteiger partial charge < -0.3 is 5.73 Å². The number of benzene rings is 1. The molecule has 1 aromatic rings. The minimum absolute atomic E-state index is 0.0634. The van der Waals surface area contributed by atoms with Gasteiger partial charge >= 0.3 is 0 Å². The summed E-state index contributed by atoms with van der Waals surface area (Å²) in [4.78, 5) is 0.327. The van der Waals surface area contributed by atoms with Crippen LogP contribution in [0.25, 0.3) is 0 Å². The molecule has 20 heavy (non-hydrogen) atoms. The summed E-state index contributed by atoms with van der Waals surface area (Å²) >= 11 is 1.88. The lowest BCUT2D eigenvalue weighted by molar-refractivity contribution is 0.528. The number of rotatable bonds is 5. The first-order valence-corrected chi connectivity index (χ1v) is 9.62. The summed E-state index contributed by atoms with van der Waals surface area (Å²) in [7, 11) is -3.43. The molecule has 0 atom stereocenters. The van der Waals surface area contributed by atoms with Gasteiger partial charge in [0.1, 0.15) is 0 Å². The van der Waals surface area contributed by atoms with Crippen LogP contribution in [0.3, 0.4) is 0 Å². The molecule has 1 fully saturated rings. The van der Waals surface area contributed by atoms with Crippen LogP contribution in [0, 0.1) is 0 Å². The van der Waals surface area contributed by atoms with Crippen molar-refractivity contribution in [2.75, 3.05) is 11.5 Å². The highest BCUT2D eigenvalue weighted by atomic mass is 32.2. The second-order valence-electron chi connectivity index (χ2n) is 5.00. The van der Waals surface area contributed by atoms with Crippen LogP contribution in [-0.2, 0) is 23.0 Å². The third-order valence-corrected chi connectivity index (χ3v) is 6.20. The van der Waals surface area contributed by atoms with E-state index in [-0.39, 0.29) is 6.04 Å². The first-order valence-electron chi connectivity index (χ1n) is 6.98. The van der Waals surface area contributed by atoms with E-state index < -0.39 is 10.0 Å². The van der Waals surface area contributed by atoms with E-state index in [2.05, 4.69) is 4.72 Å². The van der Waals surface area contributed by atoms with Crippen molar-refractivity contribution in [3.63, 3.8) is 0 Å². The normalized spacial score (nSPS) is 17.3. The lowest BCUT2D eigenvalue weighted by Gasteiger charge is -2.22. The van der Waals surface area contributed by atoms with E-state index in [0.717, 1.165) is 41.9 Å². The fourth-order valence-corrected chi connectivity index (χ4v) is 4.87. The predicted octanol–water partition coefficient (Wildman–Crippen LogP) is 1.88. The molecule has 1 saturated heterocycles. The summed E-state index contributed by atoms with van der Waals surface area (Å²) in [5.41, 5.74) is 7.73. The van der Waals surface area contributed by atoms with Gasteiger partial charge in [-0.2, -0.15) is 11.8 Å². The Kier molecular flexibility index (Phi) is 5.49. The monoisotopic (exact) mass is 314 g/mol. The molecule has 4 nitrogen and oxygen atoms in total. The van der Waals surface area contributed by atoms with Crippen molar-refractivity contribution in [2.24, 2.45) is 5.73 Å². The predicted molar refractivity (Wildman–Crippen MR) is 84.4 cm³/mol. The summed E-state index contributed by atoms with van der Waals surface area (Å²) in [6.45, 7) is 2.41. The Morgan fingerprint density at radius 3 is 2.60 bits per heavy atom. The minimum atomic E-state index is -3.43. The maximum absolute atomic E-state index is 12.4. The van der Waals surface area contributed by atoms with Crippen molar-refractivity contribution < 1.29 is 8.42 Å². The third-order valence-electron chi connectivity index (χ3n) is 3.63. The Balaban J connectivity index is 2.20. The van der Waals surface area contributed by atoms with Gasteiger partial charge in [0.15, 0.2) is 0 Å². The van der Waals surface area contributed by atoms with Crippen LogP contribution in [0.4, 0.5) is 0 Å². The van der Waals surface area contributed by atoms with Crippen LogP contribution >= 0.6 is 11.8 Å². The zero-order chi connectivity index (χ0) is 14.6. The Bertz CT molecular complexity index is 552. The van der Waals surface area contributed by atoms with Crippen LogP contribution in [0.1, 0.15) is 30.9 Å². The quantitative estimate of drug-likeness (QED) is 0.870. The fourth-order valence-electron chi connectivity index (χ4n) is 2.41. The second-order valence-corrected chi connectivity index (χ2v) is 7.93. The topological polar surface area (TPSA) is 72.2 Å². The van der Waals surface area contributed by atoms with Gasteiger partial charge in [-0.05, 0) is 54.0 Å². The molecule has 1 aliphatic heterocycles. The molecule has 6 heteroatoms. The second kappa shape index (κ2) is 6.93. The van der Waals surface area contributed by atoms with E-state index >= 15 is 0 Å². The van der Waals surface area contributed by atoms with E-state index in [0.29, 0.717) is 11.4 Å². The largest absolute Gasteiger partial charge is 0.326 e. The van der Waals surface area contributed by atoms with Crippen LogP contribution in [0.2, 0.25) is 0 Å². The number of hydrogen-bond donors (Lipinski definition) is 2. The summed E-state index contributed by atoms with van der Waals surface area (Å²) in [6, 6.07) is 5.32. The molecular weight excluding hydrogens is 292 g/mol. The van der Waals surface area contributed by atoms with E-state index in [4.69, 9.17) is 5.73 Å². The number of nitrogens with one attached hydrogen (secondary N) is 1. The van der Waals surface area contributed by atoms with Gasteiger partial charge in [0.25, 0.3) is 0 Å². The van der Waals surface area contributed by atoms with Crippen LogP contribution in [-0.4, -0.2) is 26.0 Å². The van der Waals surface area contributed by atoms with Crippen LogP contribution in [0.5, 0.6) is 0 Å². The van der Waals surface area contributed by atoms with Crippen molar-refractivity contribution in [1.82, 2.24) is 4.72 Å². The van der Waals surface area contributed by atoms with Crippen molar-refractivity contribution in [3.05, 3.63) is 29.3 Å². The minimum Gasteiger partial charge on any atom is -0.326 e. The Morgan fingerprint density at radius 2 is 2.00 bits per heavy atom. The molecular formula is C14H22N2O2S2. The molecule has 0 aliphatic carbocycles. The number of hydrogen-bond acceptors (Lipinski definition) is 4. The number of sulfonamides is 1. The smallest absolute Gasteiger partial charge is 0.240 e. The Hall–Kier alpha value is -0.560. The van der Waals surface area contributed by atoms with E-state index in [9.17, 15) is 8.42 Å². The number of aryl methyl sites for hydroxylation is 1. The van der Waals surface area contributed by atoms with Crippen LogP contribution < -0.4 is 10.5 Å². The molecule has 2 rings (SSSR count). The standard InChI is InChI=1S/C14H22N2O2S2/c1-2-11-3-4-14(9-12(11)10-15)20(17,18)16-13-5-7-19-8-6-13/h3-4,9,13,16H,2,5-8,10,15H2,1H3. The van der Waals surface area contributed by atoms with Crippen LogP contribution in [0.15, 0.2) is 23.1 Å². The zero-order valence-corrected chi connectivity index (χ0v) is 13.4. The molecule has 0 spiro atoms. The molecule has 112 valence electrons. The number of thioether (sulfide) groups is 1. The molecule has 1 aromatic carbocycles. The SMILES string of the molecule is CCc1ccc(S(=O)(=O)NC2CCSCC2)cc1CN. The molecule has 0 amide bonds. The average Bonchev–Trinajstić information content (AvgIpc) is 2.47. The van der Waals surface area contributed by atoms with Gasteiger partial charge in [0.2, 0.25) is 10.0 Å². The summed E-state index contributed by atoms with van der Waals surface area (Å²) in [6.07, 6.45) is 2.67. The fraction of sp³-hybridized carbons (Fsp3) is 0.571. The zero-order valence-electron chi connectivity index (χ0n) is 11.8. The van der Waals surface area contributed by atoms with E-state index in [1.54, 1.807) is 12.1 Å². The van der Waals surface area contributed by atoms with Gasteiger partial charge in [-0.25, -0.2) is 13.1 Å². The van der Waals surface area contributed by atoms with Crippen molar-refractivity contribution in [2.45, 2.75) is 43.7 Å². The van der Waals surface area contributed by atoms with Gasteiger partial charge in [-0.15, -0.1) is 0 Å². The summed E-state index contributed by atoms with van der Waals surface area (Å²) in [5.74, 6) is 2.05. The van der Waals surface area contributed by atoms with Crippen molar-refractivity contribution in [3.8, 4) is 0 Å². The molecule has 0 radical (unpaired) electrons. The Labute approximate surface area is 125 Å². The molecule has 0 saturated carbocycles. The number of nitrogens with two attached hydrogens (primary N) is 1. The van der Waals surface area contributed by atoms with Gasteiger partial charge in [-0.3, -0.25) is 0 Å². The summed E-state index contributed by atoms with van der Waals surface area (Å²) in [5, 5.41) is 0. The average molecular weight is 314 g/mol. The highest BCUT2D eigenvalue weighted by molar-refractivity contribution is 7.99. The first kappa shape index (κ1) is 15.8. The summed E-state index contributed by atoms with van der Waals surface area (Å²) < 4.78 is 27.6. The molecule has 1 aliphatic rings. The lowest BCUT2D eigenvalue weighted by Crippen LogP contribution is -2.37.